The second-order valence-corrected chi connectivity index (χ2v) is 6.73. The van der Waals surface area contributed by atoms with Gasteiger partial charge in [-0.15, -0.1) is 0 Å². The van der Waals surface area contributed by atoms with Gasteiger partial charge < -0.3 is 19.7 Å². The lowest BCUT2D eigenvalue weighted by Gasteiger charge is -2.29. The molecule has 0 aromatic heterocycles. The van der Waals surface area contributed by atoms with Crippen LogP contribution in [0.4, 0.5) is 5.69 Å². The van der Waals surface area contributed by atoms with Crippen LogP contribution in [0, 0.1) is 5.92 Å². The number of nitrogens with zero attached hydrogens (tertiary/aromatic N) is 1. The lowest BCUT2D eigenvalue weighted by atomic mass is 9.93. The molecule has 0 aliphatic carbocycles. The van der Waals surface area contributed by atoms with Crippen molar-refractivity contribution in [1.29, 1.82) is 0 Å². The van der Waals surface area contributed by atoms with Crippen LogP contribution in [0.2, 0.25) is 0 Å². The summed E-state index contributed by atoms with van der Waals surface area (Å²) in [7, 11) is 1.70. The first-order chi connectivity index (χ1) is 11.7. The summed E-state index contributed by atoms with van der Waals surface area (Å²) in [5.74, 6) is 1.19. The van der Waals surface area contributed by atoms with E-state index in [4.69, 9.17) is 9.47 Å². The van der Waals surface area contributed by atoms with Crippen molar-refractivity contribution in [3.8, 4) is 5.75 Å². The summed E-state index contributed by atoms with van der Waals surface area (Å²) in [5.41, 5.74) is 1.11. The minimum atomic E-state index is 0.101. The fourth-order valence-electron chi connectivity index (χ4n) is 3.71. The van der Waals surface area contributed by atoms with E-state index in [9.17, 15) is 4.79 Å². The van der Waals surface area contributed by atoms with Crippen LogP contribution in [0.15, 0.2) is 24.3 Å². The minimum absolute atomic E-state index is 0.101. The first-order valence-corrected chi connectivity index (χ1v) is 9.01. The SMILES string of the molecule is CCC1CC(C(=O)NC2CCN(c3ccccc3OC)C2)CCO1. The summed E-state index contributed by atoms with van der Waals surface area (Å²) in [6, 6.07) is 8.27. The monoisotopic (exact) mass is 332 g/mol. The van der Waals surface area contributed by atoms with Gasteiger partial charge >= 0.3 is 0 Å². The molecule has 24 heavy (non-hydrogen) atoms. The van der Waals surface area contributed by atoms with Crippen LogP contribution in [0.3, 0.4) is 0 Å². The molecule has 132 valence electrons. The Kier molecular flexibility index (Phi) is 5.61. The molecule has 0 saturated carbocycles. The number of methoxy groups -OCH3 is 1. The maximum Gasteiger partial charge on any atom is 0.223 e. The van der Waals surface area contributed by atoms with Gasteiger partial charge in [0.15, 0.2) is 0 Å². The second-order valence-electron chi connectivity index (χ2n) is 6.73. The summed E-state index contributed by atoms with van der Waals surface area (Å²) < 4.78 is 11.1. The Bertz CT molecular complexity index is 563. The molecule has 2 saturated heterocycles. The fourth-order valence-corrected chi connectivity index (χ4v) is 3.71. The Labute approximate surface area is 144 Å². The van der Waals surface area contributed by atoms with Crippen molar-refractivity contribution in [3.63, 3.8) is 0 Å². The zero-order valence-corrected chi connectivity index (χ0v) is 14.7. The molecular weight excluding hydrogens is 304 g/mol. The maximum atomic E-state index is 12.6. The van der Waals surface area contributed by atoms with Gasteiger partial charge in [-0.05, 0) is 37.8 Å². The molecule has 2 aliphatic rings. The predicted molar refractivity (Wildman–Crippen MR) is 94.5 cm³/mol. The van der Waals surface area contributed by atoms with E-state index in [1.807, 2.05) is 18.2 Å². The van der Waals surface area contributed by atoms with Gasteiger partial charge in [0.1, 0.15) is 5.75 Å². The highest BCUT2D eigenvalue weighted by Gasteiger charge is 2.31. The molecule has 3 atom stereocenters. The molecule has 1 N–H and O–H groups in total. The van der Waals surface area contributed by atoms with Crippen LogP contribution < -0.4 is 15.0 Å². The fraction of sp³-hybridized carbons (Fsp3) is 0.632. The van der Waals surface area contributed by atoms with Crippen molar-refractivity contribution in [2.45, 2.75) is 44.8 Å². The van der Waals surface area contributed by atoms with Gasteiger partial charge in [-0.1, -0.05) is 19.1 Å². The van der Waals surface area contributed by atoms with E-state index in [1.54, 1.807) is 7.11 Å². The molecule has 0 bridgehead atoms. The molecule has 1 aromatic carbocycles. The van der Waals surface area contributed by atoms with Crippen molar-refractivity contribution in [3.05, 3.63) is 24.3 Å². The van der Waals surface area contributed by atoms with Crippen LogP contribution in [0.5, 0.6) is 5.75 Å². The Hall–Kier alpha value is -1.75. The molecule has 0 radical (unpaired) electrons. The Morgan fingerprint density at radius 1 is 1.38 bits per heavy atom. The van der Waals surface area contributed by atoms with Crippen LogP contribution in [-0.2, 0) is 9.53 Å². The highest BCUT2D eigenvalue weighted by molar-refractivity contribution is 5.79. The normalized spacial score (nSPS) is 27.1. The van der Waals surface area contributed by atoms with Crippen molar-refractivity contribution >= 4 is 11.6 Å². The number of rotatable bonds is 5. The topological polar surface area (TPSA) is 50.8 Å². The number of nitrogens with one attached hydrogen (secondary N) is 1. The molecule has 2 aliphatic heterocycles. The van der Waals surface area contributed by atoms with E-state index < -0.39 is 0 Å². The number of hydrogen-bond acceptors (Lipinski definition) is 4. The predicted octanol–water partition coefficient (Wildman–Crippen LogP) is 2.60. The molecule has 0 spiro atoms. The van der Waals surface area contributed by atoms with Gasteiger partial charge in [-0.25, -0.2) is 0 Å². The van der Waals surface area contributed by atoms with Crippen molar-refractivity contribution in [2.75, 3.05) is 31.7 Å². The average molecular weight is 332 g/mol. The summed E-state index contributed by atoms with van der Waals surface area (Å²) in [6.45, 7) is 4.60. The number of hydrogen-bond donors (Lipinski definition) is 1. The highest BCUT2D eigenvalue weighted by Crippen LogP contribution is 2.30. The maximum absolute atomic E-state index is 12.6. The number of carbonyl (C=O) groups excluding carboxylic acids is 1. The second kappa shape index (κ2) is 7.88. The summed E-state index contributed by atoms with van der Waals surface area (Å²) in [4.78, 5) is 14.9. The molecule has 1 aromatic rings. The first kappa shape index (κ1) is 17.1. The minimum Gasteiger partial charge on any atom is -0.495 e. The molecule has 3 unspecified atom stereocenters. The van der Waals surface area contributed by atoms with E-state index in [2.05, 4.69) is 23.2 Å². The molecule has 3 rings (SSSR count). The number of carbonyl (C=O) groups is 1. The quantitative estimate of drug-likeness (QED) is 0.900. The Morgan fingerprint density at radius 3 is 3.00 bits per heavy atom. The lowest BCUT2D eigenvalue weighted by molar-refractivity contribution is -0.130. The molecule has 5 nitrogen and oxygen atoms in total. The van der Waals surface area contributed by atoms with Crippen LogP contribution in [-0.4, -0.2) is 44.9 Å². The summed E-state index contributed by atoms with van der Waals surface area (Å²) >= 11 is 0. The number of para-hydroxylation sites is 2. The van der Waals surface area contributed by atoms with Crippen LogP contribution in [0.25, 0.3) is 0 Å². The van der Waals surface area contributed by atoms with Crippen molar-refractivity contribution < 1.29 is 14.3 Å². The molecule has 1 amide bonds. The highest BCUT2D eigenvalue weighted by atomic mass is 16.5. The molecular formula is C19H28N2O3. The van der Waals surface area contributed by atoms with Gasteiger partial charge in [0, 0.05) is 31.7 Å². The zero-order valence-electron chi connectivity index (χ0n) is 14.7. The number of ether oxygens (including phenoxy) is 2. The average Bonchev–Trinajstić information content (AvgIpc) is 3.10. The largest absolute Gasteiger partial charge is 0.495 e. The number of benzene rings is 1. The third-order valence-electron chi connectivity index (χ3n) is 5.15. The van der Waals surface area contributed by atoms with Crippen molar-refractivity contribution in [1.82, 2.24) is 5.32 Å². The smallest absolute Gasteiger partial charge is 0.223 e. The third kappa shape index (κ3) is 3.83. The van der Waals surface area contributed by atoms with E-state index in [-0.39, 0.29) is 24.0 Å². The van der Waals surface area contributed by atoms with Gasteiger partial charge in [0.05, 0.1) is 18.9 Å². The first-order valence-electron chi connectivity index (χ1n) is 9.01. The third-order valence-corrected chi connectivity index (χ3v) is 5.15. The van der Waals surface area contributed by atoms with Crippen molar-refractivity contribution in [2.24, 2.45) is 5.92 Å². The number of amides is 1. The Balaban J connectivity index is 1.55. The van der Waals surface area contributed by atoms with Gasteiger partial charge in [-0.3, -0.25) is 4.79 Å². The van der Waals surface area contributed by atoms with Gasteiger partial charge in [0.2, 0.25) is 5.91 Å². The molecule has 2 fully saturated rings. The number of anilines is 1. The van der Waals surface area contributed by atoms with Gasteiger partial charge in [-0.2, -0.15) is 0 Å². The van der Waals surface area contributed by atoms with E-state index in [0.29, 0.717) is 6.61 Å². The lowest BCUT2D eigenvalue weighted by Crippen LogP contribution is -2.43. The standard InChI is InChI=1S/C19H28N2O3/c1-3-16-12-14(9-11-24-16)19(22)20-15-8-10-21(13-15)17-6-4-5-7-18(17)23-2/h4-7,14-16H,3,8-13H2,1-2H3,(H,20,22). The summed E-state index contributed by atoms with van der Waals surface area (Å²) in [6.07, 6.45) is 3.89. The molecule has 5 heteroatoms. The van der Waals surface area contributed by atoms with E-state index in [0.717, 1.165) is 50.2 Å². The van der Waals surface area contributed by atoms with E-state index >= 15 is 0 Å². The van der Waals surface area contributed by atoms with E-state index in [1.165, 1.54) is 0 Å². The van der Waals surface area contributed by atoms with Crippen LogP contribution >= 0.6 is 0 Å². The Morgan fingerprint density at radius 2 is 2.21 bits per heavy atom. The summed E-state index contributed by atoms with van der Waals surface area (Å²) in [5, 5.41) is 3.25. The zero-order chi connectivity index (χ0) is 16.9. The molecule has 2 heterocycles. The van der Waals surface area contributed by atoms with Crippen LogP contribution in [0.1, 0.15) is 32.6 Å². The van der Waals surface area contributed by atoms with Gasteiger partial charge in [0.25, 0.3) is 0 Å².